The van der Waals surface area contributed by atoms with E-state index in [1.807, 2.05) is 22.9 Å². The maximum Gasteiger partial charge on any atom is 0.247 e. The van der Waals surface area contributed by atoms with E-state index in [1.54, 1.807) is 24.3 Å². The Labute approximate surface area is 160 Å². The molecule has 0 saturated heterocycles. The zero-order chi connectivity index (χ0) is 19.2. The Bertz CT molecular complexity index is 1100. The van der Waals surface area contributed by atoms with Crippen LogP contribution < -0.4 is 0 Å². The third-order valence-corrected chi connectivity index (χ3v) is 6.79. The fraction of sp³-hybridized carbons (Fsp3) is 0.158. The first-order chi connectivity index (χ1) is 12.9. The third-order valence-electron chi connectivity index (χ3n) is 4.66. The van der Waals surface area contributed by atoms with Gasteiger partial charge in [0.2, 0.25) is 10.0 Å². The number of hydrogen-bond donors (Lipinski definition) is 0. The number of fused-ring (bicyclic) bond motifs is 1. The number of benzene rings is 2. The summed E-state index contributed by atoms with van der Waals surface area (Å²) in [5.41, 5.74) is 1.45. The highest BCUT2D eigenvalue weighted by atomic mass is 35.5. The highest BCUT2D eigenvalue weighted by molar-refractivity contribution is 7.89. The predicted octanol–water partition coefficient (Wildman–Crippen LogP) is 4.21. The van der Waals surface area contributed by atoms with Gasteiger partial charge in [-0.3, -0.25) is 0 Å². The number of halogens is 3. The van der Waals surface area contributed by atoms with Gasteiger partial charge in [-0.25, -0.2) is 17.2 Å². The largest absolute Gasteiger partial charge is 0.348 e. The third kappa shape index (κ3) is 3.16. The molecule has 4 nitrogen and oxygen atoms in total. The van der Waals surface area contributed by atoms with Crippen LogP contribution in [0.2, 0.25) is 5.02 Å². The van der Waals surface area contributed by atoms with Crippen LogP contribution in [0, 0.1) is 11.6 Å². The van der Waals surface area contributed by atoms with Crippen molar-refractivity contribution in [2.24, 2.45) is 0 Å². The van der Waals surface area contributed by atoms with E-state index in [-0.39, 0.29) is 6.54 Å². The van der Waals surface area contributed by atoms with Crippen LogP contribution in [0.15, 0.2) is 65.7 Å². The molecule has 1 aliphatic rings. The van der Waals surface area contributed by atoms with Gasteiger partial charge in [0.15, 0.2) is 0 Å². The number of hydrogen-bond acceptors (Lipinski definition) is 2. The maximum absolute atomic E-state index is 14.2. The minimum atomic E-state index is -4.27. The molecule has 1 unspecified atom stereocenters. The highest BCUT2D eigenvalue weighted by Gasteiger charge is 2.38. The Morgan fingerprint density at radius 1 is 1.00 bits per heavy atom. The molecule has 0 saturated carbocycles. The van der Waals surface area contributed by atoms with Crippen molar-refractivity contribution in [1.29, 1.82) is 0 Å². The van der Waals surface area contributed by atoms with Crippen LogP contribution >= 0.6 is 11.6 Å². The van der Waals surface area contributed by atoms with Crippen LogP contribution in [0.1, 0.15) is 17.3 Å². The van der Waals surface area contributed by atoms with Crippen LogP contribution in [0.25, 0.3) is 0 Å². The number of nitrogens with zero attached hydrogens (tertiary/aromatic N) is 2. The maximum atomic E-state index is 14.2. The first kappa shape index (κ1) is 18.2. The second kappa shape index (κ2) is 6.74. The van der Waals surface area contributed by atoms with Gasteiger partial charge in [0.05, 0.1) is 6.04 Å². The van der Waals surface area contributed by atoms with E-state index >= 15 is 0 Å². The van der Waals surface area contributed by atoms with Crippen LogP contribution in [-0.4, -0.2) is 23.8 Å². The van der Waals surface area contributed by atoms with E-state index in [4.69, 9.17) is 11.6 Å². The van der Waals surface area contributed by atoms with Gasteiger partial charge in [-0.15, -0.1) is 0 Å². The fourth-order valence-electron chi connectivity index (χ4n) is 3.40. The van der Waals surface area contributed by atoms with Gasteiger partial charge < -0.3 is 4.57 Å². The molecule has 0 bridgehead atoms. The molecule has 140 valence electrons. The molecule has 3 aromatic rings. The van der Waals surface area contributed by atoms with Gasteiger partial charge in [-0.2, -0.15) is 4.31 Å². The monoisotopic (exact) mass is 408 g/mol. The molecule has 2 aromatic carbocycles. The average Bonchev–Trinajstić information content (AvgIpc) is 3.12. The van der Waals surface area contributed by atoms with Crippen molar-refractivity contribution in [3.8, 4) is 0 Å². The first-order valence-corrected chi connectivity index (χ1v) is 10.1. The Kier molecular flexibility index (Phi) is 4.53. The van der Waals surface area contributed by atoms with E-state index in [9.17, 15) is 17.2 Å². The lowest BCUT2D eigenvalue weighted by Gasteiger charge is -2.36. The molecular formula is C19H15ClF2N2O2S. The van der Waals surface area contributed by atoms with Crippen molar-refractivity contribution in [1.82, 2.24) is 8.87 Å². The van der Waals surface area contributed by atoms with E-state index in [0.29, 0.717) is 17.1 Å². The summed E-state index contributed by atoms with van der Waals surface area (Å²) in [5, 5.41) is 0.524. The zero-order valence-electron chi connectivity index (χ0n) is 14.0. The average molecular weight is 409 g/mol. The van der Waals surface area contributed by atoms with Gasteiger partial charge in [0.25, 0.3) is 0 Å². The summed E-state index contributed by atoms with van der Waals surface area (Å²) in [6.45, 7) is 0.551. The molecule has 0 radical (unpaired) electrons. The molecule has 0 aliphatic carbocycles. The smallest absolute Gasteiger partial charge is 0.247 e. The van der Waals surface area contributed by atoms with Crippen LogP contribution in [0.4, 0.5) is 8.78 Å². The molecule has 2 heterocycles. The lowest BCUT2D eigenvalue weighted by molar-refractivity contribution is 0.297. The normalized spacial score (nSPS) is 17.7. The zero-order valence-corrected chi connectivity index (χ0v) is 15.6. The topological polar surface area (TPSA) is 42.3 Å². The standard InChI is InChI=1S/C19H15ClF2N2O2S/c20-14-5-3-13(4-6-14)19-17-2-1-9-23(17)10-11-24(19)27(25,26)18-12-15(21)7-8-16(18)22/h1-9,12,19H,10-11H2. The van der Waals surface area contributed by atoms with Crippen LogP contribution in [-0.2, 0) is 16.6 Å². The fourth-order valence-corrected chi connectivity index (χ4v) is 5.19. The molecule has 1 aromatic heterocycles. The van der Waals surface area contributed by atoms with E-state index < -0.39 is 32.6 Å². The van der Waals surface area contributed by atoms with Crippen molar-refractivity contribution >= 4 is 21.6 Å². The number of sulfonamides is 1. The lowest BCUT2D eigenvalue weighted by Crippen LogP contribution is -2.42. The Morgan fingerprint density at radius 2 is 1.74 bits per heavy atom. The molecule has 8 heteroatoms. The second-order valence-electron chi connectivity index (χ2n) is 6.27. The van der Waals surface area contributed by atoms with Crippen molar-refractivity contribution in [3.05, 3.63) is 88.7 Å². The summed E-state index contributed by atoms with van der Waals surface area (Å²) in [5.74, 6) is -1.79. The molecule has 4 rings (SSSR count). The first-order valence-electron chi connectivity index (χ1n) is 8.25. The van der Waals surface area contributed by atoms with E-state index in [0.717, 1.165) is 23.9 Å². The lowest BCUT2D eigenvalue weighted by atomic mass is 10.0. The van der Waals surface area contributed by atoms with Gasteiger partial charge in [-0.1, -0.05) is 23.7 Å². The van der Waals surface area contributed by atoms with Crippen molar-refractivity contribution in [2.75, 3.05) is 6.54 Å². The van der Waals surface area contributed by atoms with Crippen molar-refractivity contribution in [2.45, 2.75) is 17.5 Å². The van der Waals surface area contributed by atoms with Crippen LogP contribution in [0.3, 0.4) is 0 Å². The van der Waals surface area contributed by atoms with Gasteiger partial charge in [0, 0.05) is 30.0 Å². The summed E-state index contributed by atoms with van der Waals surface area (Å²) in [6, 6.07) is 12.2. The molecular weight excluding hydrogens is 394 g/mol. The molecule has 0 amide bonds. The second-order valence-corrected chi connectivity index (χ2v) is 8.57. The minimum Gasteiger partial charge on any atom is -0.348 e. The van der Waals surface area contributed by atoms with Gasteiger partial charge in [0.1, 0.15) is 16.5 Å². The Morgan fingerprint density at radius 3 is 2.48 bits per heavy atom. The quantitative estimate of drug-likeness (QED) is 0.651. The Balaban J connectivity index is 1.87. The summed E-state index contributed by atoms with van der Waals surface area (Å²) >= 11 is 5.96. The number of aromatic nitrogens is 1. The summed E-state index contributed by atoms with van der Waals surface area (Å²) in [6.07, 6.45) is 1.87. The minimum absolute atomic E-state index is 0.132. The van der Waals surface area contributed by atoms with Crippen molar-refractivity contribution < 1.29 is 17.2 Å². The summed E-state index contributed by atoms with van der Waals surface area (Å²) in [7, 11) is -4.27. The molecule has 0 N–H and O–H groups in total. The van der Waals surface area contributed by atoms with Gasteiger partial charge >= 0.3 is 0 Å². The molecule has 1 aliphatic heterocycles. The SMILES string of the molecule is O=S(=O)(c1cc(F)ccc1F)N1CCn2cccc2C1c1ccc(Cl)cc1. The summed E-state index contributed by atoms with van der Waals surface area (Å²) in [4.78, 5) is -0.665. The van der Waals surface area contributed by atoms with E-state index in [1.165, 1.54) is 4.31 Å². The predicted molar refractivity (Wildman–Crippen MR) is 98.0 cm³/mol. The van der Waals surface area contributed by atoms with Crippen molar-refractivity contribution in [3.63, 3.8) is 0 Å². The Hall–Kier alpha value is -2.22. The number of rotatable bonds is 3. The highest BCUT2D eigenvalue weighted by Crippen LogP contribution is 2.37. The van der Waals surface area contributed by atoms with E-state index in [2.05, 4.69) is 0 Å². The molecule has 1 atom stereocenters. The van der Waals surface area contributed by atoms with Gasteiger partial charge in [-0.05, 0) is 48.0 Å². The summed E-state index contributed by atoms with van der Waals surface area (Å²) < 4.78 is 57.5. The molecule has 27 heavy (non-hydrogen) atoms. The molecule has 0 fully saturated rings. The van der Waals surface area contributed by atoms with Crippen LogP contribution in [0.5, 0.6) is 0 Å². The molecule has 0 spiro atoms.